The molecule has 0 radical (unpaired) electrons. The zero-order valence-corrected chi connectivity index (χ0v) is 15.0. The Balaban J connectivity index is 1.56. The molecule has 0 aromatic carbocycles. The van der Waals surface area contributed by atoms with Crippen molar-refractivity contribution in [2.24, 2.45) is 0 Å². The summed E-state index contributed by atoms with van der Waals surface area (Å²) in [6, 6.07) is 1.77. The zero-order valence-electron chi connectivity index (χ0n) is 15.0. The van der Waals surface area contributed by atoms with Gasteiger partial charge in [-0.2, -0.15) is 10.2 Å². The zero-order chi connectivity index (χ0) is 18.1. The second kappa shape index (κ2) is 7.03. The molecule has 4 rings (SSSR count). The highest BCUT2D eigenvalue weighted by atomic mass is 16.2. The Morgan fingerprint density at radius 1 is 1.38 bits per heavy atom. The van der Waals surface area contributed by atoms with E-state index in [1.165, 1.54) is 11.1 Å². The molecular formula is C18H24N6O2. The average Bonchev–Trinajstić information content (AvgIpc) is 3.17. The van der Waals surface area contributed by atoms with E-state index in [2.05, 4.69) is 20.6 Å². The Kier molecular flexibility index (Phi) is 4.58. The fraction of sp³-hybridized carbons (Fsp3) is 0.556. The third-order valence-corrected chi connectivity index (χ3v) is 5.29. The van der Waals surface area contributed by atoms with Crippen molar-refractivity contribution < 1.29 is 4.79 Å². The fourth-order valence-corrected chi connectivity index (χ4v) is 3.84. The molecule has 1 atom stereocenters. The molecule has 0 aliphatic carbocycles. The lowest BCUT2D eigenvalue weighted by Gasteiger charge is -2.29. The molecule has 1 unspecified atom stereocenters. The van der Waals surface area contributed by atoms with E-state index >= 15 is 0 Å². The highest BCUT2D eigenvalue weighted by molar-refractivity contribution is 5.95. The van der Waals surface area contributed by atoms with Gasteiger partial charge in [0.1, 0.15) is 0 Å². The molecular weight excluding hydrogens is 332 g/mol. The molecule has 138 valence electrons. The fourth-order valence-electron chi connectivity index (χ4n) is 3.84. The maximum absolute atomic E-state index is 13.1. The lowest BCUT2D eigenvalue weighted by Crippen LogP contribution is -2.39. The van der Waals surface area contributed by atoms with Crippen LogP contribution in [0.1, 0.15) is 59.5 Å². The Hall–Kier alpha value is -2.48. The molecule has 0 saturated carbocycles. The highest BCUT2D eigenvalue weighted by Gasteiger charge is 2.28. The van der Waals surface area contributed by atoms with Gasteiger partial charge >= 0.3 is 0 Å². The summed E-state index contributed by atoms with van der Waals surface area (Å²) in [5, 5.41) is 15.0. The summed E-state index contributed by atoms with van der Waals surface area (Å²) < 4.78 is 1.47. The largest absolute Gasteiger partial charge is 0.334 e. The summed E-state index contributed by atoms with van der Waals surface area (Å²) >= 11 is 0. The molecule has 4 heterocycles. The normalized spacial score (nSPS) is 20.0. The van der Waals surface area contributed by atoms with Crippen LogP contribution in [0.5, 0.6) is 0 Å². The maximum Gasteiger partial charge on any atom is 0.267 e. The highest BCUT2D eigenvalue weighted by Crippen LogP contribution is 2.26. The summed E-state index contributed by atoms with van der Waals surface area (Å²) in [6.45, 7) is 4.44. The molecule has 2 aliphatic rings. The number of aromatic amines is 1. The summed E-state index contributed by atoms with van der Waals surface area (Å²) in [5.74, 6) is -0.0357. The van der Waals surface area contributed by atoms with Crippen LogP contribution in [0.2, 0.25) is 0 Å². The van der Waals surface area contributed by atoms with Crippen molar-refractivity contribution in [3.05, 3.63) is 45.1 Å². The standard InChI is InChI=1S/C18H24N6O2/c1-2-24-16(25)9-12-11-23(8-6-14(12)22-24)18(26)13-10-20-21-17(13)15-5-3-4-7-19-15/h9-10,15,19H,2-8,11H2,1H3,(H,20,21). The number of carbonyl (C=O) groups excluding carboxylic acids is 1. The molecule has 8 nitrogen and oxygen atoms in total. The first-order valence-electron chi connectivity index (χ1n) is 9.33. The lowest BCUT2D eigenvalue weighted by atomic mass is 9.98. The first-order valence-corrected chi connectivity index (χ1v) is 9.33. The smallest absolute Gasteiger partial charge is 0.267 e. The number of carbonyl (C=O) groups is 1. The van der Waals surface area contributed by atoms with Crippen LogP contribution in [0.3, 0.4) is 0 Å². The number of aryl methyl sites for hydroxylation is 1. The van der Waals surface area contributed by atoms with Gasteiger partial charge in [0.05, 0.1) is 23.1 Å². The minimum absolute atomic E-state index is 0.0357. The second-order valence-electron chi connectivity index (χ2n) is 6.95. The predicted molar refractivity (Wildman–Crippen MR) is 95.8 cm³/mol. The molecule has 26 heavy (non-hydrogen) atoms. The van der Waals surface area contributed by atoms with E-state index in [0.717, 1.165) is 36.3 Å². The Bertz CT molecular complexity index is 865. The number of hydrogen-bond donors (Lipinski definition) is 2. The number of piperidine rings is 1. The maximum atomic E-state index is 13.1. The van der Waals surface area contributed by atoms with Crippen LogP contribution in [0, 0.1) is 0 Å². The van der Waals surface area contributed by atoms with Crippen LogP contribution in [-0.2, 0) is 19.5 Å². The molecule has 0 spiro atoms. The van der Waals surface area contributed by atoms with Crippen molar-refractivity contribution in [1.29, 1.82) is 0 Å². The van der Waals surface area contributed by atoms with Gasteiger partial charge < -0.3 is 10.2 Å². The van der Waals surface area contributed by atoms with E-state index in [9.17, 15) is 9.59 Å². The number of rotatable bonds is 3. The van der Waals surface area contributed by atoms with Gasteiger partial charge in [-0.1, -0.05) is 6.42 Å². The molecule has 1 amide bonds. The summed E-state index contributed by atoms with van der Waals surface area (Å²) in [5.41, 5.74) is 3.15. The average molecular weight is 356 g/mol. The molecule has 0 bridgehead atoms. The molecule has 2 aliphatic heterocycles. The van der Waals surface area contributed by atoms with Crippen LogP contribution in [0.25, 0.3) is 0 Å². The van der Waals surface area contributed by atoms with Crippen molar-refractivity contribution in [1.82, 2.24) is 30.2 Å². The van der Waals surface area contributed by atoms with Gasteiger partial charge in [-0.05, 0) is 26.3 Å². The minimum Gasteiger partial charge on any atom is -0.334 e. The third-order valence-electron chi connectivity index (χ3n) is 5.29. The molecule has 1 fully saturated rings. The van der Waals surface area contributed by atoms with E-state index < -0.39 is 0 Å². The number of fused-ring (bicyclic) bond motifs is 1. The van der Waals surface area contributed by atoms with Crippen LogP contribution >= 0.6 is 0 Å². The molecule has 8 heteroatoms. The number of nitrogens with zero attached hydrogens (tertiary/aromatic N) is 4. The van der Waals surface area contributed by atoms with Gasteiger partial charge in [-0.15, -0.1) is 0 Å². The number of aromatic nitrogens is 4. The predicted octanol–water partition coefficient (Wildman–Crippen LogP) is 0.999. The number of hydrogen-bond acceptors (Lipinski definition) is 5. The van der Waals surface area contributed by atoms with Gasteiger partial charge in [-0.3, -0.25) is 14.7 Å². The van der Waals surface area contributed by atoms with Crippen molar-refractivity contribution in [2.75, 3.05) is 13.1 Å². The summed E-state index contributed by atoms with van der Waals surface area (Å²) in [6.07, 6.45) is 5.61. The Morgan fingerprint density at radius 2 is 2.27 bits per heavy atom. The Morgan fingerprint density at radius 3 is 3.04 bits per heavy atom. The second-order valence-corrected chi connectivity index (χ2v) is 6.95. The minimum atomic E-state index is -0.115. The van der Waals surface area contributed by atoms with Gasteiger partial charge in [0, 0.05) is 43.7 Å². The van der Waals surface area contributed by atoms with Gasteiger partial charge in [0.2, 0.25) is 0 Å². The van der Waals surface area contributed by atoms with Gasteiger partial charge in [-0.25, -0.2) is 4.68 Å². The van der Waals surface area contributed by atoms with Crippen molar-refractivity contribution in [2.45, 2.75) is 51.7 Å². The van der Waals surface area contributed by atoms with Crippen molar-refractivity contribution >= 4 is 5.91 Å². The van der Waals surface area contributed by atoms with E-state index in [-0.39, 0.29) is 17.5 Å². The van der Waals surface area contributed by atoms with Crippen LogP contribution in [-0.4, -0.2) is 43.9 Å². The quantitative estimate of drug-likeness (QED) is 0.855. The van der Waals surface area contributed by atoms with Crippen molar-refractivity contribution in [3.8, 4) is 0 Å². The van der Waals surface area contributed by atoms with Gasteiger partial charge in [0.25, 0.3) is 11.5 Å². The Labute approximate surface area is 151 Å². The molecule has 2 aromatic heterocycles. The SMILES string of the molecule is CCn1nc2c(cc1=O)CN(C(=O)c1cn[nH]c1C1CCCCN1)CC2. The number of amides is 1. The molecule has 1 saturated heterocycles. The van der Waals surface area contributed by atoms with Crippen molar-refractivity contribution in [3.63, 3.8) is 0 Å². The van der Waals surface area contributed by atoms with E-state index in [1.807, 2.05) is 6.92 Å². The van der Waals surface area contributed by atoms with E-state index in [1.54, 1.807) is 17.2 Å². The first-order chi connectivity index (χ1) is 12.7. The van der Waals surface area contributed by atoms with E-state index in [0.29, 0.717) is 31.6 Å². The monoisotopic (exact) mass is 356 g/mol. The van der Waals surface area contributed by atoms with Crippen LogP contribution in [0.4, 0.5) is 0 Å². The third kappa shape index (κ3) is 3.05. The first kappa shape index (κ1) is 17.0. The van der Waals surface area contributed by atoms with Gasteiger partial charge in [0.15, 0.2) is 0 Å². The topological polar surface area (TPSA) is 95.9 Å². The summed E-state index contributed by atoms with van der Waals surface area (Å²) in [7, 11) is 0. The van der Waals surface area contributed by atoms with Crippen LogP contribution < -0.4 is 10.9 Å². The molecule has 2 aromatic rings. The molecule has 2 N–H and O–H groups in total. The lowest BCUT2D eigenvalue weighted by molar-refractivity contribution is 0.0730. The van der Waals surface area contributed by atoms with E-state index in [4.69, 9.17) is 0 Å². The number of H-pyrrole nitrogens is 1. The van der Waals surface area contributed by atoms with Crippen LogP contribution in [0.15, 0.2) is 17.1 Å². The summed E-state index contributed by atoms with van der Waals surface area (Å²) in [4.78, 5) is 26.9. The number of nitrogens with one attached hydrogen (secondary N) is 2.